The first kappa shape index (κ1) is 14.5. The van der Waals surface area contributed by atoms with E-state index in [-0.39, 0.29) is 0 Å². The fourth-order valence-corrected chi connectivity index (χ4v) is 2.35. The van der Waals surface area contributed by atoms with E-state index >= 15 is 0 Å². The Labute approximate surface area is 129 Å². The van der Waals surface area contributed by atoms with Gasteiger partial charge in [0, 0.05) is 23.5 Å². The molecule has 0 unspecified atom stereocenters. The van der Waals surface area contributed by atoms with Gasteiger partial charge in [-0.25, -0.2) is 0 Å². The lowest BCUT2D eigenvalue weighted by Crippen LogP contribution is -2.17. The number of nitrogens with zero attached hydrogens (tertiary/aromatic N) is 3. The van der Waals surface area contributed by atoms with Crippen LogP contribution in [0.1, 0.15) is 0 Å². The van der Waals surface area contributed by atoms with Gasteiger partial charge in [0.05, 0.1) is 5.52 Å². The van der Waals surface area contributed by atoms with Crippen molar-refractivity contribution in [2.75, 3.05) is 27.2 Å². The van der Waals surface area contributed by atoms with Crippen LogP contribution in [0.5, 0.6) is 0 Å². The number of aromatic nitrogens is 1. The molecule has 0 amide bonds. The van der Waals surface area contributed by atoms with Crippen LogP contribution in [0.4, 0.5) is 0 Å². The first-order valence-electron chi connectivity index (χ1n) is 7.33. The number of likely N-dealkylation sites (N-methyl/N-ethyl adjacent to an activating group) is 1. The second kappa shape index (κ2) is 6.54. The third-order valence-electron chi connectivity index (χ3n) is 3.52. The van der Waals surface area contributed by atoms with E-state index in [1.165, 1.54) is 0 Å². The molecule has 3 aromatic rings. The SMILES string of the molecule is CN(C)CCO/N=c1/c2ccccc2ccc2ncccc12. The highest BCUT2D eigenvalue weighted by Gasteiger charge is 2.01. The third kappa shape index (κ3) is 3.07. The van der Waals surface area contributed by atoms with Crippen molar-refractivity contribution in [2.24, 2.45) is 5.16 Å². The molecule has 1 aromatic heterocycles. The van der Waals surface area contributed by atoms with Crippen molar-refractivity contribution >= 4 is 21.7 Å². The second-order valence-corrected chi connectivity index (χ2v) is 5.43. The van der Waals surface area contributed by atoms with E-state index in [0.717, 1.165) is 33.6 Å². The summed E-state index contributed by atoms with van der Waals surface area (Å²) in [7, 11) is 4.03. The van der Waals surface area contributed by atoms with E-state index in [9.17, 15) is 0 Å². The molecule has 22 heavy (non-hydrogen) atoms. The maximum Gasteiger partial charge on any atom is 0.129 e. The Kier molecular flexibility index (Phi) is 4.30. The number of hydrogen-bond acceptors (Lipinski definition) is 4. The molecule has 0 saturated heterocycles. The van der Waals surface area contributed by atoms with Gasteiger partial charge in [-0.15, -0.1) is 0 Å². The highest BCUT2D eigenvalue weighted by atomic mass is 16.6. The zero-order valence-electron chi connectivity index (χ0n) is 12.9. The molecule has 0 saturated carbocycles. The molecule has 4 nitrogen and oxygen atoms in total. The van der Waals surface area contributed by atoms with Crippen molar-refractivity contribution < 1.29 is 4.84 Å². The molecule has 0 aliphatic carbocycles. The van der Waals surface area contributed by atoms with Crippen LogP contribution in [0.2, 0.25) is 0 Å². The van der Waals surface area contributed by atoms with Crippen molar-refractivity contribution in [3.63, 3.8) is 0 Å². The van der Waals surface area contributed by atoms with Gasteiger partial charge >= 0.3 is 0 Å². The maximum atomic E-state index is 5.54. The Balaban J connectivity index is 2.21. The summed E-state index contributed by atoms with van der Waals surface area (Å²) in [5.74, 6) is 0. The summed E-state index contributed by atoms with van der Waals surface area (Å²) < 4.78 is 0. The first-order chi connectivity index (χ1) is 10.8. The lowest BCUT2D eigenvalue weighted by molar-refractivity contribution is 0.117. The van der Waals surface area contributed by atoms with Gasteiger partial charge < -0.3 is 9.74 Å². The van der Waals surface area contributed by atoms with Crippen LogP contribution in [0, 0.1) is 0 Å². The highest BCUT2D eigenvalue weighted by Crippen LogP contribution is 2.13. The topological polar surface area (TPSA) is 37.7 Å². The predicted octanol–water partition coefficient (Wildman–Crippen LogP) is 2.78. The van der Waals surface area contributed by atoms with Crippen molar-refractivity contribution in [1.82, 2.24) is 9.88 Å². The molecule has 112 valence electrons. The van der Waals surface area contributed by atoms with Gasteiger partial charge in [-0.2, -0.15) is 0 Å². The van der Waals surface area contributed by atoms with Gasteiger partial charge in [0.25, 0.3) is 0 Å². The minimum absolute atomic E-state index is 0.557. The van der Waals surface area contributed by atoms with Gasteiger partial charge in [-0.1, -0.05) is 35.5 Å². The zero-order chi connectivity index (χ0) is 15.4. The Morgan fingerprint density at radius 1 is 1.00 bits per heavy atom. The van der Waals surface area contributed by atoms with Crippen LogP contribution in [0.15, 0.2) is 59.9 Å². The largest absolute Gasteiger partial charge is 0.394 e. The molecule has 0 atom stereocenters. The van der Waals surface area contributed by atoms with Crippen LogP contribution < -0.4 is 5.36 Å². The summed E-state index contributed by atoms with van der Waals surface area (Å²) in [5.41, 5.74) is 0.911. The van der Waals surface area contributed by atoms with E-state index in [0.29, 0.717) is 6.61 Å². The fraction of sp³-hybridized carbons (Fsp3) is 0.222. The zero-order valence-corrected chi connectivity index (χ0v) is 12.9. The Morgan fingerprint density at radius 2 is 1.82 bits per heavy atom. The predicted molar refractivity (Wildman–Crippen MR) is 89.3 cm³/mol. The summed E-state index contributed by atoms with van der Waals surface area (Å²) in [4.78, 5) is 12.0. The molecule has 0 bridgehead atoms. The molecular formula is C18H19N3O. The van der Waals surface area contributed by atoms with Crippen LogP contribution in [0.25, 0.3) is 21.7 Å². The molecular weight excluding hydrogens is 274 g/mol. The molecule has 0 fully saturated rings. The second-order valence-electron chi connectivity index (χ2n) is 5.43. The Morgan fingerprint density at radius 3 is 2.68 bits per heavy atom. The molecule has 4 heteroatoms. The summed E-state index contributed by atoms with van der Waals surface area (Å²) in [6.45, 7) is 1.39. The lowest BCUT2D eigenvalue weighted by atomic mass is 10.1. The first-order valence-corrected chi connectivity index (χ1v) is 7.33. The standard InChI is InChI=1S/C18H19N3O/c1-21(2)12-13-22-20-18-15-7-4-3-6-14(15)9-10-17-16(18)8-5-11-19-17/h3-11H,12-13H2,1-2H3/b20-18-. The van der Waals surface area contributed by atoms with Crippen molar-refractivity contribution in [1.29, 1.82) is 0 Å². The summed E-state index contributed by atoms with van der Waals surface area (Å²) in [6.07, 6.45) is 1.80. The van der Waals surface area contributed by atoms with Crippen LogP contribution in [0.3, 0.4) is 0 Å². The Hall–Kier alpha value is -2.46. The quantitative estimate of drug-likeness (QED) is 0.548. The molecule has 0 aliphatic rings. The van der Waals surface area contributed by atoms with Gasteiger partial charge in [0.15, 0.2) is 0 Å². The number of pyridine rings is 1. The normalized spacial score (nSPS) is 12.2. The smallest absolute Gasteiger partial charge is 0.129 e. The average molecular weight is 293 g/mol. The van der Waals surface area contributed by atoms with Crippen LogP contribution in [-0.2, 0) is 4.84 Å². The molecule has 0 radical (unpaired) electrons. The van der Waals surface area contributed by atoms with Crippen molar-refractivity contribution in [3.8, 4) is 0 Å². The van der Waals surface area contributed by atoms with Gasteiger partial charge in [-0.05, 0) is 37.7 Å². The van der Waals surface area contributed by atoms with Gasteiger partial charge in [0.2, 0.25) is 0 Å². The summed E-state index contributed by atoms with van der Waals surface area (Å²) in [6, 6.07) is 16.2. The van der Waals surface area contributed by atoms with E-state index < -0.39 is 0 Å². The average Bonchev–Trinajstić information content (AvgIpc) is 2.69. The van der Waals surface area contributed by atoms with E-state index in [1.807, 2.05) is 44.4 Å². The monoisotopic (exact) mass is 293 g/mol. The summed E-state index contributed by atoms with van der Waals surface area (Å²) in [5, 5.41) is 8.42. The maximum absolute atomic E-state index is 5.54. The minimum atomic E-state index is 0.557. The van der Waals surface area contributed by atoms with Crippen molar-refractivity contribution in [3.05, 3.63) is 60.1 Å². The number of hydrogen-bond donors (Lipinski definition) is 0. The van der Waals surface area contributed by atoms with Gasteiger partial charge in [0.1, 0.15) is 12.0 Å². The number of fused-ring (bicyclic) bond motifs is 2. The van der Waals surface area contributed by atoms with Gasteiger partial charge in [-0.3, -0.25) is 4.98 Å². The van der Waals surface area contributed by atoms with Crippen LogP contribution >= 0.6 is 0 Å². The third-order valence-corrected chi connectivity index (χ3v) is 3.52. The lowest BCUT2D eigenvalue weighted by Gasteiger charge is -2.07. The van der Waals surface area contributed by atoms with Crippen LogP contribution in [-0.4, -0.2) is 37.1 Å². The molecule has 0 N–H and O–H groups in total. The highest BCUT2D eigenvalue weighted by molar-refractivity contribution is 5.91. The van der Waals surface area contributed by atoms with Crippen molar-refractivity contribution in [2.45, 2.75) is 0 Å². The fourth-order valence-electron chi connectivity index (χ4n) is 2.35. The molecule has 0 spiro atoms. The Bertz CT molecular complexity index is 797. The number of benzene rings is 1. The minimum Gasteiger partial charge on any atom is -0.394 e. The molecule has 3 rings (SSSR count). The molecule has 2 aromatic carbocycles. The molecule has 0 aliphatic heterocycles. The van der Waals surface area contributed by atoms with E-state index in [2.05, 4.69) is 33.2 Å². The van der Waals surface area contributed by atoms with E-state index in [4.69, 9.17) is 4.84 Å². The summed E-state index contributed by atoms with van der Waals surface area (Å²) >= 11 is 0. The van der Waals surface area contributed by atoms with E-state index in [1.54, 1.807) is 6.20 Å². The number of rotatable bonds is 4. The molecule has 1 heterocycles.